The van der Waals surface area contributed by atoms with Crippen molar-refractivity contribution in [2.24, 2.45) is 0 Å². The molecule has 0 spiro atoms. The minimum Gasteiger partial charge on any atom is -0.465 e. The van der Waals surface area contributed by atoms with Crippen LogP contribution in [-0.2, 0) is 17.8 Å². The van der Waals surface area contributed by atoms with Gasteiger partial charge in [-0.25, -0.2) is 4.79 Å². The first-order valence-corrected chi connectivity index (χ1v) is 10.2. The summed E-state index contributed by atoms with van der Waals surface area (Å²) in [7, 11) is 1.31. The Bertz CT molecular complexity index is 1230. The summed E-state index contributed by atoms with van der Waals surface area (Å²) in [6, 6.07) is 21.1. The van der Waals surface area contributed by atoms with Crippen LogP contribution in [0.3, 0.4) is 0 Å². The van der Waals surface area contributed by atoms with Crippen molar-refractivity contribution >= 4 is 11.9 Å². The third-order valence-corrected chi connectivity index (χ3v) is 5.04. The van der Waals surface area contributed by atoms with E-state index in [0.717, 1.165) is 11.1 Å². The predicted octanol–water partition coefficient (Wildman–Crippen LogP) is 4.22. The van der Waals surface area contributed by atoms with Crippen LogP contribution in [0, 0.1) is 6.92 Å². The van der Waals surface area contributed by atoms with Crippen molar-refractivity contribution in [2.45, 2.75) is 20.0 Å². The van der Waals surface area contributed by atoms with Crippen molar-refractivity contribution in [1.29, 1.82) is 0 Å². The van der Waals surface area contributed by atoms with E-state index in [-0.39, 0.29) is 12.5 Å². The number of hydrogen-bond acceptors (Lipinski definition) is 5. The molecule has 1 amide bonds. The molecule has 2 aromatic carbocycles. The molecule has 0 unspecified atom stereocenters. The molecule has 0 aliphatic rings. The van der Waals surface area contributed by atoms with Gasteiger partial charge in [-0.15, -0.1) is 0 Å². The maximum atomic E-state index is 13.1. The van der Waals surface area contributed by atoms with Crippen molar-refractivity contribution in [3.63, 3.8) is 0 Å². The molecule has 0 atom stereocenters. The van der Waals surface area contributed by atoms with Crippen LogP contribution in [0.4, 0.5) is 0 Å². The molecule has 32 heavy (non-hydrogen) atoms. The predicted molar refractivity (Wildman–Crippen MR) is 119 cm³/mol. The highest BCUT2D eigenvalue weighted by molar-refractivity contribution is 5.99. The van der Waals surface area contributed by atoms with E-state index < -0.39 is 5.97 Å². The van der Waals surface area contributed by atoms with Gasteiger partial charge in [0.2, 0.25) is 0 Å². The van der Waals surface area contributed by atoms with E-state index in [1.165, 1.54) is 7.11 Å². The van der Waals surface area contributed by atoms with Crippen molar-refractivity contribution in [3.05, 3.63) is 101 Å². The molecule has 0 aliphatic heterocycles. The average molecular weight is 429 g/mol. The summed E-state index contributed by atoms with van der Waals surface area (Å²) in [5.74, 6) is 0.158. The molecule has 2 heterocycles. The summed E-state index contributed by atoms with van der Waals surface area (Å²) < 4.78 is 12.1. The molecular weight excluding hydrogens is 406 g/mol. The van der Waals surface area contributed by atoms with Gasteiger partial charge in [-0.05, 0) is 18.6 Å². The van der Waals surface area contributed by atoms with Crippen LogP contribution in [-0.4, -0.2) is 28.8 Å². The number of esters is 1. The van der Waals surface area contributed by atoms with Crippen LogP contribution >= 0.6 is 0 Å². The number of aromatic nitrogens is 2. The number of amides is 1. The fourth-order valence-electron chi connectivity index (χ4n) is 3.45. The highest BCUT2D eigenvalue weighted by Gasteiger charge is 2.20. The minimum atomic E-state index is -0.475. The molecule has 162 valence electrons. The van der Waals surface area contributed by atoms with E-state index >= 15 is 0 Å². The Morgan fingerprint density at radius 2 is 1.72 bits per heavy atom. The minimum absolute atomic E-state index is 0.134. The normalized spacial score (nSPS) is 10.7. The Labute approximate surface area is 185 Å². The number of aryl methyl sites for hydroxylation is 1. The Balaban J connectivity index is 1.57. The van der Waals surface area contributed by atoms with Crippen LogP contribution in [0.15, 0.2) is 77.3 Å². The van der Waals surface area contributed by atoms with E-state index in [9.17, 15) is 9.59 Å². The van der Waals surface area contributed by atoms with Gasteiger partial charge in [-0.3, -0.25) is 9.48 Å². The van der Waals surface area contributed by atoms with Gasteiger partial charge in [0.15, 0.2) is 0 Å². The molecule has 0 saturated heterocycles. The van der Waals surface area contributed by atoms with Crippen LogP contribution in [0.25, 0.3) is 11.3 Å². The first-order valence-electron chi connectivity index (χ1n) is 10.2. The Kier molecular flexibility index (Phi) is 6.17. The molecule has 4 rings (SSSR count). The summed E-state index contributed by atoms with van der Waals surface area (Å²) in [6.07, 6.45) is 1.75. The van der Waals surface area contributed by atoms with Gasteiger partial charge in [-0.1, -0.05) is 60.7 Å². The Morgan fingerprint density at radius 1 is 1.03 bits per heavy atom. The average Bonchev–Trinajstić information content (AvgIpc) is 3.41. The largest absolute Gasteiger partial charge is 0.465 e. The van der Waals surface area contributed by atoms with Crippen molar-refractivity contribution < 1.29 is 18.7 Å². The molecule has 0 aliphatic carbocycles. The Morgan fingerprint density at radius 3 is 2.41 bits per heavy atom. The van der Waals surface area contributed by atoms with Gasteiger partial charge in [0.25, 0.3) is 5.91 Å². The second-order valence-electron chi connectivity index (χ2n) is 7.30. The van der Waals surface area contributed by atoms with Crippen molar-refractivity contribution in [1.82, 2.24) is 15.1 Å². The number of benzene rings is 2. The van der Waals surface area contributed by atoms with Crippen LogP contribution < -0.4 is 5.32 Å². The number of carbonyl (C=O) groups is 2. The standard InChI is InChI=1S/C25H23N3O4/c1-17-21(25(30)31-2)13-20(32-17)14-26-24(29)22-16-28(15-18-9-5-3-6-10-18)27-23(22)19-11-7-4-8-12-19/h3-13,16H,14-15H2,1-2H3,(H,26,29). The summed E-state index contributed by atoms with van der Waals surface area (Å²) in [4.78, 5) is 24.8. The molecule has 7 heteroatoms. The lowest BCUT2D eigenvalue weighted by Crippen LogP contribution is -2.22. The van der Waals surface area contributed by atoms with Crippen LogP contribution in [0.5, 0.6) is 0 Å². The van der Waals surface area contributed by atoms with Gasteiger partial charge >= 0.3 is 5.97 Å². The zero-order valence-corrected chi connectivity index (χ0v) is 17.9. The third-order valence-electron chi connectivity index (χ3n) is 5.04. The molecule has 4 aromatic rings. The highest BCUT2D eigenvalue weighted by Crippen LogP contribution is 2.23. The van der Waals surface area contributed by atoms with Crippen LogP contribution in [0.1, 0.15) is 37.8 Å². The van der Waals surface area contributed by atoms with Crippen LogP contribution in [0.2, 0.25) is 0 Å². The maximum Gasteiger partial charge on any atom is 0.341 e. The summed E-state index contributed by atoms with van der Waals surface area (Å²) in [5.41, 5.74) is 3.35. The first-order chi connectivity index (χ1) is 15.5. The zero-order chi connectivity index (χ0) is 22.5. The zero-order valence-electron chi connectivity index (χ0n) is 17.9. The third kappa shape index (κ3) is 4.62. The molecule has 0 fully saturated rings. The molecule has 2 aromatic heterocycles. The fourth-order valence-corrected chi connectivity index (χ4v) is 3.45. The van der Waals surface area contributed by atoms with Crippen molar-refractivity contribution in [2.75, 3.05) is 7.11 Å². The number of methoxy groups -OCH3 is 1. The van der Waals surface area contributed by atoms with Crippen molar-refractivity contribution in [3.8, 4) is 11.3 Å². The lowest BCUT2D eigenvalue weighted by molar-refractivity contribution is 0.0598. The molecule has 0 saturated carbocycles. The Hall–Kier alpha value is -4.13. The second-order valence-corrected chi connectivity index (χ2v) is 7.30. The maximum absolute atomic E-state index is 13.1. The number of furan rings is 1. The monoisotopic (exact) mass is 429 g/mol. The van der Waals surface area contributed by atoms with E-state index in [1.54, 1.807) is 23.9 Å². The summed E-state index contributed by atoms with van der Waals surface area (Å²) in [6.45, 7) is 2.36. The summed E-state index contributed by atoms with van der Waals surface area (Å²) in [5, 5.41) is 7.54. The van der Waals surface area contributed by atoms with Gasteiger partial charge in [0.05, 0.1) is 25.8 Å². The fraction of sp³-hybridized carbons (Fsp3) is 0.160. The smallest absolute Gasteiger partial charge is 0.341 e. The van der Waals surface area contributed by atoms with E-state index in [2.05, 4.69) is 10.4 Å². The number of carbonyl (C=O) groups excluding carboxylic acids is 2. The SMILES string of the molecule is COC(=O)c1cc(CNC(=O)c2cn(Cc3ccccc3)nc2-c2ccccc2)oc1C. The molecule has 7 nitrogen and oxygen atoms in total. The van der Waals surface area contributed by atoms with Gasteiger partial charge in [0.1, 0.15) is 22.8 Å². The number of hydrogen-bond donors (Lipinski definition) is 1. The first kappa shape index (κ1) is 21.1. The van der Waals surface area contributed by atoms with E-state index in [0.29, 0.717) is 34.9 Å². The number of rotatable bonds is 7. The molecule has 0 bridgehead atoms. The molecule has 0 radical (unpaired) electrons. The lowest BCUT2D eigenvalue weighted by Gasteiger charge is -2.04. The van der Waals surface area contributed by atoms with E-state index in [4.69, 9.17) is 9.15 Å². The van der Waals surface area contributed by atoms with Gasteiger partial charge < -0.3 is 14.5 Å². The summed E-state index contributed by atoms with van der Waals surface area (Å²) >= 11 is 0. The molecule has 1 N–H and O–H groups in total. The quantitative estimate of drug-likeness (QED) is 0.445. The topological polar surface area (TPSA) is 86.4 Å². The lowest BCUT2D eigenvalue weighted by atomic mass is 10.1. The highest BCUT2D eigenvalue weighted by atomic mass is 16.5. The number of nitrogens with one attached hydrogen (secondary N) is 1. The number of nitrogens with zero attached hydrogens (tertiary/aromatic N) is 2. The van der Waals surface area contributed by atoms with E-state index in [1.807, 2.05) is 60.7 Å². The number of ether oxygens (including phenoxy) is 1. The van der Waals surface area contributed by atoms with Gasteiger partial charge in [-0.2, -0.15) is 5.10 Å². The second kappa shape index (κ2) is 9.34. The van der Waals surface area contributed by atoms with Gasteiger partial charge in [0, 0.05) is 11.8 Å². The molecular formula is C25H23N3O4.